The molecule has 5 aromatic carbocycles. The molecule has 2 N–H and O–H groups in total. The second-order valence-corrected chi connectivity index (χ2v) is 13.5. The highest BCUT2D eigenvalue weighted by molar-refractivity contribution is 6.09. The summed E-state index contributed by atoms with van der Waals surface area (Å²) in [5.74, 6) is -1.65. The maximum Gasteiger partial charge on any atom is 0.338 e. The minimum absolute atomic E-state index is 0.0587. The summed E-state index contributed by atoms with van der Waals surface area (Å²) >= 11 is 0. The van der Waals surface area contributed by atoms with Gasteiger partial charge < -0.3 is 34.3 Å². The number of esters is 2. The largest absolute Gasteiger partial charge is 0.497 e. The molecule has 6 rings (SSSR count). The number of carbonyl (C=O) groups is 5. The number of hydrogen-bond donors (Lipinski definition) is 2. The summed E-state index contributed by atoms with van der Waals surface area (Å²) in [6.45, 7) is 1.81. The van der Waals surface area contributed by atoms with Crippen molar-refractivity contribution in [2.45, 2.75) is 44.4 Å². The number of nitrogens with zero attached hydrogens (tertiary/aromatic N) is 1. The molecule has 12 heteroatoms. The molecule has 3 atom stereocenters. The topological polar surface area (TPSA) is 158 Å². The van der Waals surface area contributed by atoms with Crippen LogP contribution in [0.1, 0.15) is 73.6 Å². The van der Waals surface area contributed by atoms with Crippen LogP contribution in [0.2, 0.25) is 0 Å². The van der Waals surface area contributed by atoms with Gasteiger partial charge in [-0.05, 0) is 67.1 Å². The van der Waals surface area contributed by atoms with Crippen LogP contribution in [-0.2, 0) is 25.5 Å². The Labute approximate surface area is 336 Å². The predicted octanol–water partition coefficient (Wildman–Crippen LogP) is 6.30. The van der Waals surface area contributed by atoms with Gasteiger partial charge in [-0.15, -0.1) is 0 Å². The lowest BCUT2D eigenvalue weighted by molar-refractivity contribution is -0.144. The van der Waals surface area contributed by atoms with Gasteiger partial charge in [0.15, 0.2) is 5.78 Å². The Bertz CT molecular complexity index is 2210. The number of methoxy groups -OCH3 is 1. The van der Waals surface area contributed by atoms with Crippen molar-refractivity contribution in [3.05, 3.63) is 161 Å². The Kier molecular flexibility index (Phi) is 13.7. The van der Waals surface area contributed by atoms with Crippen molar-refractivity contribution < 1.29 is 48.0 Å². The van der Waals surface area contributed by atoms with Gasteiger partial charge in [0.05, 0.1) is 50.8 Å². The molecule has 12 nitrogen and oxygen atoms in total. The zero-order valence-corrected chi connectivity index (χ0v) is 32.2. The first-order chi connectivity index (χ1) is 28.2. The van der Waals surface area contributed by atoms with Gasteiger partial charge in [-0.2, -0.15) is 0 Å². The third-order valence-corrected chi connectivity index (χ3v) is 9.65. The molecule has 0 saturated heterocycles. The lowest BCUT2D eigenvalue weighted by atomic mass is 9.85. The monoisotopic (exact) mass is 784 g/mol. The fraction of sp³-hybridized carbons (Fsp3) is 0.239. The Morgan fingerprint density at radius 3 is 2.00 bits per heavy atom. The van der Waals surface area contributed by atoms with E-state index in [0.29, 0.717) is 51.4 Å². The van der Waals surface area contributed by atoms with Gasteiger partial charge in [0.2, 0.25) is 5.91 Å². The molecular formula is C46H44N2O10. The zero-order chi connectivity index (χ0) is 41.0. The smallest absolute Gasteiger partial charge is 0.338 e. The maximum atomic E-state index is 14.6. The first-order valence-corrected chi connectivity index (χ1v) is 19.0. The molecule has 5 aromatic rings. The molecule has 0 radical (unpaired) electrons. The van der Waals surface area contributed by atoms with Crippen molar-refractivity contribution >= 4 is 35.2 Å². The van der Waals surface area contributed by atoms with Crippen molar-refractivity contribution in [3.8, 4) is 11.5 Å². The number of fused-ring (bicyclic) bond motifs is 1. The standard InChI is InChI=1S/C46H44N2O10/c1-3-56-41(51)29-39-44(58-46(54)34-19-17-32(18-20-34)43(52)31-11-6-4-7-12-31)42(47-45(53)33-13-8-5-9-14-33)37-28-36(57-26-10-25-49)23-24-38(37)48(39)40(50)27-30-15-21-35(55-2)22-16-30/h4-9,11-24,28,39,42,44,49H,3,10,25-27,29H2,1-2H3,(H,47,53)/t39-,42-,44-/m0/s1. The molecule has 0 saturated carbocycles. The molecule has 0 aromatic heterocycles. The lowest BCUT2D eigenvalue weighted by Crippen LogP contribution is -2.58. The van der Waals surface area contributed by atoms with Gasteiger partial charge in [0.25, 0.3) is 5.91 Å². The molecule has 0 bridgehead atoms. The number of rotatable bonds is 16. The van der Waals surface area contributed by atoms with Crippen molar-refractivity contribution in [2.24, 2.45) is 0 Å². The van der Waals surface area contributed by atoms with E-state index in [0.717, 1.165) is 0 Å². The van der Waals surface area contributed by atoms with Gasteiger partial charge in [0, 0.05) is 41.0 Å². The molecule has 0 spiro atoms. The van der Waals surface area contributed by atoms with Crippen molar-refractivity contribution in [2.75, 3.05) is 31.8 Å². The summed E-state index contributed by atoms with van der Waals surface area (Å²) in [7, 11) is 1.54. The number of ether oxygens (including phenoxy) is 4. The molecule has 0 aliphatic carbocycles. The van der Waals surface area contributed by atoms with Gasteiger partial charge in [-0.25, -0.2) is 4.79 Å². The van der Waals surface area contributed by atoms with Gasteiger partial charge >= 0.3 is 11.9 Å². The minimum atomic E-state index is -1.35. The first kappa shape index (κ1) is 40.9. The molecule has 298 valence electrons. The highest BCUT2D eigenvalue weighted by Gasteiger charge is 2.48. The molecule has 1 aliphatic heterocycles. The van der Waals surface area contributed by atoms with E-state index in [2.05, 4.69) is 5.32 Å². The van der Waals surface area contributed by atoms with E-state index in [9.17, 15) is 29.1 Å². The fourth-order valence-electron chi connectivity index (χ4n) is 6.82. The van der Waals surface area contributed by atoms with Crippen LogP contribution in [0.15, 0.2) is 127 Å². The van der Waals surface area contributed by atoms with Crippen LogP contribution in [0.4, 0.5) is 5.69 Å². The van der Waals surface area contributed by atoms with Crippen LogP contribution in [0, 0.1) is 0 Å². The molecule has 0 unspecified atom stereocenters. The van der Waals surface area contributed by atoms with Crippen molar-refractivity contribution in [1.29, 1.82) is 0 Å². The fourth-order valence-corrected chi connectivity index (χ4v) is 6.82. The molecule has 2 amide bonds. The van der Waals surface area contributed by atoms with Gasteiger partial charge in [-0.1, -0.05) is 72.8 Å². The number of benzene rings is 5. The average molecular weight is 785 g/mol. The quantitative estimate of drug-likeness (QED) is 0.0662. The number of ketones is 1. The second kappa shape index (κ2) is 19.4. The highest BCUT2D eigenvalue weighted by atomic mass is 16.5. The summed E-state index contributed by atoms with van der Waals surface area (Å²) in [4.78, 5) is 70.8. The van der Waals surface area contributed by atoms with Crippen molar-refractivity contribution in [1.82, 2.24) is 5.32 Å². The summed E-state index contributed by atoms with van der Waals surface area (Å²) in [5.41, 5.74) is 2.65. The van der Waals surface area contributed by atoms with Crippen LogP contribution < -0.4 is 19.7 Å². The first-order valence-electron chi connectivity index (χ1n) is 19.0. The molecular weight excluding hydrogens is 741 g/mol. The summed E-state index contributed by atoms with van der Waals surface area (Å²) in [6.07, 6.45) is -1.49. The number of aliphatic hydroxyl groups is 1. The lowest BCUT2D eigenvalue weighted by Gasteiger charge is -2.45. The third kappa shape index (κ3) is 9.77. The Hall–Kier alpha value is -6.79. The number of anilines is 1. The van der Waals surface area contributed by atoms with Gasteiger partial charge in [-0.3, -0.25) is 19.2 Å². The van der Waals surface area contributed by atoms with E-state index >= 15 is 0 Å². The minimum Gasteiger partial charge on any atom is -0.497 e. The van der Waals surface area contributed by atoms with E-state index in [1.165, 1.54) is 29.2 Å². The Morgan fingerprint density at radius 1 is 0.741 bits per heavy atom. The van der Waals surface area contributed by atoms with Gasteiger partial charge in [0.1, 0.15) is 17.6 Å². The van der Waals surface area contributed by atoms with Crippen LogP contribution in [-0.4, -0.2) is 73.7 Å². The van der Waals surface area contributed by atoms with Crippen LogP contribution in [0.3, 0.4) is 0 Å². The molecule has 0 fully saturated rings. The third-order valence-electron chi connectivity index (χ3n) is 9.65. The molecule has 1 aliphatic rings. The summed E-state index contributed by atoms with van der Waals surface area (Å²) in [5, 5.41) is 12.4. The SMILES string of the molecule is CCOC(=O)C[C@H]1[C@H](OC(=O)c2ccc(C(=O)c3ccccc3)cc2)[C@@H](NC(=O)c2ccccc2)c2cc(OCCCO)ccc2N1C(=O)Cc1ccc(OC)cc1. The number of amides is 2. The second-order valence-electron chi connectivity index (χ2n) is 13.5. The number of nitrogens with one attached hydrogen (secondary N) is 1. The predicted molar refractivity (Wildman–Crippen MR) is 215 cm³/mol. The van der Waals surface area contributed by atoms with E-state index in [-0.39, 0.29) is 37.6 Å². The van der Waals surface area contributed by atoms with Crippen molar-refractivity contribution in [3.63, 3.8) is 0 Å². The number of hydrogen-bond acceptors (Lipinski definition) is 10. The van der Waals surface area contributed by atoms with Crippen LogP contribution in [0.25, 0.3) is 0 Å². The van der Waals surface area contributed by atoms with E-state index in [4.69, 9.17) is 18.9 Å². The molecule has 58 heavy (non-hydrogen) atoms. The van der Waals surface area contributed by atoms with E-state index in [1.807, 2.05) is 6.07 Å². The highest BCUT2D eigenvalue weighted by Crippen LogP contribution is 2.43. The average Bonchev–Trinajstić information content (AvgIpc) is 3.25. The summed E-state index contributed by atoms with van der Waals surface area (Å²) in [6, 6.07) is 32.8. The van der Waals surface area contributed by atoms with E-state index in [1.54, 1.807) is 111 Å². The Balaban J connectivity index is 1.45. The number of carbonyl (C=O) groups excluding carboxylic acids is 5. The zero-order valence-electron chi connectivity index (χ0n) is 32.2. The normalized spacial score (nSPS) is 15.7. The summed E-state index contributed by atoms with van der Waals surface area (Å²) < 4.78 is 22.9. The van der Waals surface area contributed by atoms with Crippen LogP contribution in [0.5, 0.6) is 11.5 Å². The maximum absolute atomic E-state index is 14.6. The van der Waals surface area contributed by atoms with Crippen LogP contribution >= 0.6 is 0 Å². The number of aliphatic hydroxyl groups excluding tert-OH is 1. The Morgan fingerprint density at radius 2 is 1.36 bits per heavy atom. The van der Waals surface area contributed by atoms with E-state index < -0.39 is 48.4 Å². The molecule has 1 heterocycles.